The number of pyridine rings is 1. The van der Waals surface area contributed by atoms with E-state index < -0.39 is 0 Å². The molecule has 1 aromatic heterocycles. The second-order valence-electron chi connectivity index (χ2n) is 5.80. The van der Waals surface area contributed by atoms with Gasteiger partial charge < -0.3 is 10.5 Å². The van der Waals surface area contributed by atoms with Gasteiger partial charge in [-0.1, -0.05) is 18.2 Å². The van der Waals surface area contributed by atoms with Crippen molar-refractivity contribution in [2.75, 3.05) is 7.11 Å². The first-order valence-corrected chi connectivity index (χ1v) is 7.54. The zero-order valence-corrected chi connectivity index (χ0v) is 12.7. The van der Waals surface area contributed by atoms with E-state index in [1.807, 2.05) is 18.3 Å². The summed E-state index contributed by atoms with van der Waals surface area (Å²) in [7, 11) is 1.70. The number of ether oxygens (including phenoxy) is 1. The number of nitrogens with zero attached hydrogens (tertiary/aromatic N) is 1. The standard InChI is InChI=1S/C18H22N2O/c1-12-11-14(8-9-16(12)21-2)17(19)15-7-3-5-13-6-4-10-20-18(13)15/h4,6,8-11,15,17H,3,5,7,19H2,1-2H3. The van der Waals surface area contributed by atoms with E-state index in [2.05, 4.69) is 30.1 Å². The SMILES string of the molecule is COc1ccc(C(N)C2CCCc3cccnc32)cc1C. The van der Waals surface area contributed by atoms with E-state index in [-0.39, 0.29) is 6.04 Å². The summed E-state index contributed by atoms with van der Waals surface area (Å²) in [5, 5.41) is 0. The van der Waals surface area contributed by atoms with Crippen molar-refractivity contribution >= 4 is 0 Å². The number of benzene rings is 1. The van der Waals surface area contributed by atoms with Gasteiger partial charge in [0.25, 0.3) is 0 Å². The Morgan fingerprint density at radius 3 is 2.95 bits per heavy atom. The van der Waals surface area contributed by atoms with E-state index in [4.69, 9.17) is 10.5 Å². The zero-order valence-electron chi connectivity index (χ0n) is 12.7. The Labute approximate surface area is 126 Å². The van der Waals surface area contributed by atoms with Gasteiger partial charge in [-0.3, -0.25) is 4.98 Å². The van der Waals surface area contributed by atoms with Gasteiger partial charge in [-0.05, 0) is 55.0 Å². The molecule has 0 saturated carbocycles. The van der Waals surface area contributed by atoms with Gasteiger partial charge in [-0.2, -0.15) is 0 Å². The van der Waals surface area contributed by atoms with Crippen LogP contribution < -0.4 is 10.5 Å². The van der Waals surface area contributed by atoms with Crippen LogP contribution in [0.5, 0.6) is 5.75 Å². The van der Waals surface area contributed by atoms with E-state index in [1.165, 1.54) is 17.7 Å². The number of hydrogen-bond acceptors (Lipinski definition) is 3. The molecule has 0 aliphatic heterocycles. The maximum Gasteiger partial charge on any atom is 0.121 e. The van der Waals surface area contributed by atoms with Crippen LogP contribution in [0, 0.1) is 6.92 Å². The van der Waals surface area contributed by atoms with Gasteiger partial charge in [-0.25, -0.2) is 0 Å². The lowest BCUT2D eigenvalue weighted by molar-refractivity contribution is 0.410. The molecular weight excluding hydrogens is 260 g/mol. The molecule has 1 heterocycles. The summed E-state index contributed by atoms with van der Waals surface area (Å²) in [4.78, 5) is 4.60. The monoisotopic (exact) mass is 282 g/mol. The molecule has 1 aromatic carbocycles. The van der Waals surface area contributed by atoms with Gasteiger partial charge in [0.1, 0.15) is 5.75 Å². The molecule has 2 atom stereocenters. The molecule has 1 aliphatic rings. The molecule has 0 radical (unpaired) electrons. The van der Waals surface area contributed by atoms with Crippen molar-refractivity contribution in [3.05, 3.63) is 58.9 Å². The molecule has 3 nitrogen and oxygen atoms in total. The van der Waals surface area contributed by atoms with Crippen LogP contribution in [-0.2, 0) is 6.42 Å². The zero-order chi connectivity index (χ0) is 14.8. The fraction of sp³-hybridized carbons (Fsp3) is 0.389. The van der Waals surface area contributed by atoms with Crippen LogP contribution in [0.4, 0.5) is 0 Å². The summed E-state index contributed by atoms with van der Waals surface area (Å²) in [5.41, 5.74) is 11.4. The Bertz CT molecular complexity index is 639. The van der Waals surface area contributed by atoms with Crippen LogP contribution in [0.15, 0.2) is 36.5 Å². The van der Waals surface area contributed by atoms with Crippen LogP contribution in [-0.4, -0.2) is 12.1 Å². The van der Waals surface area contributed by atoms with Gasteiger partial charge in [0.15, 0.2) is 0 Å². The summed E-state index contributed by atoms with van der Waals surface area (Å²) < 4.78 is 5.33. The van der Waals surface area contributed by atoms with E-state index in [0.29, 0.717) is 5.92 Å². The van der Waals surface area contributed by atoms with Crippen molar-refractivity contribution < 1.29 is 4.74 Å². The number of fused-ring (bicyclic) bond motifs is 1. The maximum absolute atomic E-state index is 6.56. The van der Waals surface area contributed by atoms with Crippen molar-refractivity contribution in [3.63, 3.8) is 0 Å². The highest BCUT2D eigenvalue weighted by Crippen LogP contribution is 2.38. The second-order valence-corrected chi connectivity index (χ2v) is 5.80. The molecule has 0 saturated heterocycles. The van der Waals surface area contributed by atoms with Crippen molar-refractivity contribution in [3.8, 4) is 5.75 Å². The molecule has 0 bridgehead atoms. The fourth-order valence-electron chi connectivity index (χ4n) is 3.34. The molecule has 0 spiro atoms. The average molecular weight is 282 g/mol. The quantitative estimate of drug-likeness (QED) is 0.937. The molecule has 21 heavy (non-hydrogen) atoms. The molecule has 1 aliphatic carbocycles. The van der Waals surface area contributed by atoms with Gasteiger partial charge in [-0.15, -0.1) is 0 Å². The second kappa shape index (κ2) is 5.86. The Kier molecular flexibility index (Phi) is 3.93. The third-order valence-electron chi connectivity index (χ3n) is 4.48. The Hall–Kier alpha value is -1.87. The molecule has 0 amide bonds. The summed E-state index contributed by atoms with van der Waals surface area (Å²) in [6.45, 7) is 2.06. The van der Waals surface area contributed by atoms with Gasteiger partial charge in [0.05, 0.1) is 7.11 Å². The molecular formula is C18H22N2O. The van der Waals surface area contributed by atoms with Crippen LogP contribution in [0.3, 0.4) is 0 Å². The van der Waals surface area contributed by atoms with Crippen molar-refractivity contribution in [1.82, 2.24) is 4.98 Å². The minimum Gasteiger partial charge on any atom is -0.496 e. The number of methoxy groups -OCH3 is 1. The highest BCUT2D eigenvalue weighted by atomic mass is 16.5. The maximum atomic E-state index is 6.56. The molecule has 110 valence electrons. The smallest absolute Gasteiger partial charge is 0.121 e. The Morgan fingerprint density at radius 2 is 2.19 bits per heavy atom. The van der Waals surface area contributed by atoms with Crippen LogP contribution in [0.2, 0.25) is 0 Å². The van der Waals surface area contributed by atoms with Gasteiger partial charge >= 0.3 is 0 Å². The van der Waals surface area contributed by atoms with E-state index >= 15 is 0 Å². The number of aryl methyl sites for hydroxylation is 2. The molecule has 0 fully saturated rings. The van der Waals surface area contributed by atoms with Crippen molar-refractivity contribution in [2.24, 2.45) is 5.73 Å². The summed E-state index contributed by atoms with van der Waals surface area (Å²) >= 11 is 0. The Balaban J connectivity index is 1.92. The number of rotatable bonds is 3. The molecule has 3 rings (SSSR count). The normalized spacial score (nSPS) is 18.9. The predicted octanol–water partition coefficient (Wildman–Crippen LogP) is 3.52. The third-order valence-corrected chi connectivity index (χ3v) is 4.48. The number of nitrogens with two attached hydrogens (primary N) is 1. The van der Waals surface area contributed by atoms with E-state index in [0.717, 1.165) is 29.7 Å². The van der Waals surface area contributed by atoms with Crippen molar-refractivity contribution in [1.29, 1.82) is 0 Å². The number of hydrogen-bond donors (Lipinski definition) is 1. The molecule has 3 heteroatoms. The van der Waals surface area contributed by atoms with Crippen LogP contribution in [0.25, 0.3) is 0 Å². The summed E-state index contributed by atoms with van der Waals surface area (Å²) in [6.07, 6.45) is 5.29. The topological polar surface area (TPSA) is 48.1 Å². The minimum atomic E-state index is -0.0106. The van der Waals surface area contributed by atoms with Gasteiger partial charge in [0.2, 0.25) is 0 Å². The largest absolute Gasteiger partial charge is 0.496 e. The van der Waals surface area contributed by atoms with Crippen molar-refractivity contribution in [2.45, 2.75) is 38.1 Å². The predicted molar refractivity (Wildman–Crippen MR) is 84.6 cm³/mol. The first-order valence-electron chi connectivity index (χ1n) is 7.54. The third kappa shape index (κ3) is 2.66. The molecule has 2 N–H and O–H groups in total. The number of aromatic nitrogens is 1. The van der Waals surface area contributed by atoms with E-state index in [9.17, 15) is 0 Å². The fourth-order valence-corrected chi connectivity index (χ4v) is 3.34. The van der Waals surface area contributed by atoms with Crippen LogP contribution >= 0.6 is 0 Å². The van der Waals surface area contributed by atoms with Gasteiger partial charge in [0, 0.05) is 23.9 Å². The lowest BCUT2D eigenvalue weighted by Crippen LogP contribution is -2.24. The first-order chi connectivity index (χ1) is 10.2. The van der Waals surface area contributed by atoms with Crippen LogP contribution in [0.1, 0.15) is 47.2 Å². The highest BCUT2D eigenvalue weighted by Gasteiger charge is 2.27. The highest BCUT2D eigenvalue weighted by molar-refractivity contribution is 5.39. The summed E-state index contributed by atoms with van der Waals surface area (Å²) in [6, 6.07) is 10.4. The minimum absolute atomic E-state index is 0.0106. The Morgan fingerprint density at radius 1 is 1.33 bits per heavy atom. The lowest BCUT2D eigenvalue weighted by atomic mass is 9.80. The average Bonchev–Trinajstić information content (AvgIpc) is 2.53. The first kappa shape index (κ1) is 14.1. The molecule has 2 aromatic rings. The van der Waals surface area contributed by atoms with E-state index in [1.54, 1.807) is 7.11 Å². The lowest BCUT2D eigenvalue weighted by Gasteiger charge is -2.29. The molecule has 2 unspecified atom stereocenters. The summed E-state index contributed by atoms with van der Waals surface area (Å²) in [5.74, 6) is 1.22.